The van der Waals surface area contributed by atoms with Gasteiger partial charge in [-0.2, -0.15) is 12.0 Å². The normalized spacial score (nSPS) is 8.20. The van der Waals surface area contributed by atoms with Crippen LogP contribution in [0.5, 0.6) is 0 Å². The molecule has 0 saturated carbocycles. The molecule has 1 rings (SSSR count). The van der Waals surface area contributed by atoms with Crippen LogP contribution in [0.3, 0.4) is 0 Å². The van der Waals surface area contributed by atoms with Crippen molar-refractivity contribution in [2.75, 3.05) is 0 Å². The maximum Gasteiger partial charge on any atom is 3.00 e. The summed E-state index contributed by atoms with van der Waals surface area (Å²) in [6.07, 6.45) is 1.81. The summed E-state index contributed by atoms with van der Waals surface area (Å²) in [6, 6.07) is 5.93. The van der Waals surface area contributed by atoms with Crippen molar-refractivity contribution in [3.05, 3.63) is 36.0 Å². The molecule has 0 aliphatic rings. The van der Waals surface area contributed by atoms with Crippen LogP contribution >= 0.6 is 0 Å². The molecule has 2 heteroatoms. The summed E-state index contributed by atoms with van der Waals surface area (Å²) < 4.78 is 0. The molecule has 0 spiro atoms. The van der Waals surface area contributed by atoms with Crippen molar-refractivity contribution in [1.29, 1.82) is 0 Å². The molecule has 0 atom stereocenters. The van der Waals surface area contributed by atoms with E-state index in [0.717, 1.165) is 5.69 Å². The van der Waals surface area contributed by atoms with Crippen LogP contribution in [0, 0.1) is 5.92 Å². The second kappa shape index (κ2) is 4.87. The molecular weight excluding hydrogens is 199 g/mol. The fraction of sp³-hybridized carbons (Fsp3) is 0.250. The largest absolute Gasteiger partial charge is 3.00 e. The average Bonchev–Trinajstić information content (AvgIpc) is 1.90. The van der Waals surface area contributed by atoms with Gasteiger partial charge in [0.1, 0.15) is 0 Å². The van der Waals surface area contributed by atoms with Crippen LogP contribution in [0.2, 0.25) is 0 Å². The summed E-state index contributed by atoms with van der Waals surface area (Å²) in [7, 11) is 0. The Bertz CT molecular complexity index is 172. The van der Waals surface area contributed by atoms with Crippen LogP contribution in [0.4, 0.5) is 0 Å². The zero-order chi connectivity index (χ0) is 6.69. The van der Waals surface area contributed by atoms with Crippen LogP contribution in [-0.4, -0.2) is 4.98 Å². The van der Waals surface area contributed by atoms with E-state index in [9.17, 15) is 0 Å². The smallest absolute Gasteiger partial charge is 0.295 e. The number of pyridine rings is 1. The van der Waals surface area contributed by atoms with Gasteiger partial charge < -0.3 is 0 Å². The van der Waals surface area contributed by atoms with E-state index in [1.807, 2.05) is 24.4 Å². The Morgan fingerprint density at radius 1 is 1.30 bits per heavy atom. The third-order valence-corrected chi connectivity index (χ3v) is 1.18. The molecular formula is C8H10NY+2. The first-order valence-corrected chi connectivity index (χ1v) is 3.02. The predicted molar refractivity (Wildman–Crippen MR) is 37.9 cm³/mol. The molecule has 0 radical (unpaired) electrons. The molecule has 1 aromatic heterocycles. The van der Waals surface area contributed by atoms with Crippen LogP contribution in [0.15, 0.2) is 24.4 Å². The van der Waals surface area contributed by atoms with Crippen LogP contribution in [0.1, 0.15) is 19.5 Å². The second-order valence-corrected chi connectivity index (χ2v) is 2.21. The predicted octanol–water partition coefficient (Wildman–Crippen LogP) is 2.04. The first kappa shape index (κ1) is 10.1. The number of nitrogens with zero attached hydrogens (tertiary/aromatic N) is 1. The molecule has 1 nitrogen and oxygen atoms in total. The maximum absolute atomic E-state index is 4.14. The van der Waals surface area contributed by atoms with Crippen LogP contribution < -0.4 is 0 Å². The Morgan fingerprint density at radius 3 is 2.30 bits per heavy atom. The molecule has 0 amide bonds. The SMILES string of the molecule is C[C-](C)c1ccccn1.[Y+3]. The molecule has 1 aromatic rings. The van der Waals surface area contributed by atoms with Gasteiger partial charge in [-0.3, -0.25) is 4.98 Å². The van der Waals surface area contributed by atoms with Crippen molar-refractivity contribution in [3.8, 4) is 0 Å². The Hall–Kier alpha value is 0.124. The van der Waals surface area contributed by atoms with E-state index in [-0.39, 0.29) is 32.7 Å². The van der Waals surface area contributed by atoms with Gasteiger partial charge in [0.15, 0.2) is 0 Å². The first-order valence-electron chi connectivity index (χ1n) is 3.02. The van der Waals surface area contributed by atoms with Gasteiger partial charge in [-0.05, 0) is 0 Å². The summed E-state index contributed by atoms with van der Waals surface area (Å²) in [6.45, 7) is 4.12. The molecule has 0 bridgehead atoms. The zero-order valence-corrected chi connectivity index (χ0v) is 9.17. The zero-order valence-electron chi connectivity index (χ0n) is 6.33. The minimum absolute atomic E-state index is 0. The standard InChI is InChI=1S/C8H10N.Y/c1-7(2)8-5-3-4-6-9-8;/h3-6H,1-2H3;/q-1;+3. The first-order chi connectivity index (χ1) is 4.30. The monoisotopic (exact) mass is 209 g/mol. The molecule has 0 aliphatic heterocycles. The van der Waals surface area contributed by atoms with E-state index in [1.165, 1.54) is 5.92 Å². The Balaban J connectivity index is 0.000000810. The molecule has 1 heterocycles. The van der Waals surface area contributed by atoms with E-state index in [1.54, 1.807) is 0 Å². The minimum Gasteiger partial charge on any atom is -0.295 e. The second-order valence-electron chi connectivity index (χ2n) is 2.21. The number of aromatic nitrogens is 1. The van der Waals surface area contributed by atoms with E-state index in [4.69, 9.17) is 0 Å². The van der Waals surface area contributed by atoms with E-state index in [0.29, 0.717) is 0 Å². The van der Waals surface area contributed by atoms with Gasteiger partial charge in [-0.15, -0.1) is 19.9 Å². The van der Waals surface area contributed by atoms with E-state index >= 15 is 0 Å². The minimum atomic E-state index is 0. The third-order valence-electron chi connectivity index (χ3n) is 1.18. The van der Waals surface area contributed by atoms with Crippen molar-refractivity contribution in [2.45, 2.75) is 13.8 Å². The molecule has 10 heavy (non-hydrogen) atoms. The van der Waals surface area contributed by atoms with Crippen molar-refractivity contribution in [2.24, 2.45) is 0 Å². The fourth-order valence-corrected chi connectivity index (χ4v) is 0.659. The Kier molecular flexibility index (Phi) is 4.93. The molecule has 48 valence electrons. The van der Waals surface area contributed by atoms with Gasteiger partial charge in [0.2, 0.25) is 0 Å². The number of hydrogen-bond donors (Lipinski definition) is 0. The fourth-order valence-electron chi connectivity index (χ4n) is 0.659. The quantitative estimate of drug-likeness (QED) is 0.645. The van der Waals surface area contributed by atoms with E-state index in [2.05, 4.69) is 18.8 Å². The van der Waals surface area contributed by atoms with Gasteiger partial charge in [0, 0.05) is 6.20 Å². The average molecular weight is 209 g/mol. The molecule has 0 aromatic carbocycles. The van der Waals surface area contributed by atoms with Crippen molar-refractivity contribution >= 4 is 0 Å². The third kappa shape index (κ3) is 2.80. The molecule has 0 N–H and O–H groups in total. The van der Waals surface area contributed by atoms with Gasteiger partial charge in [0.05, 0.1) is 0 Å². The van der Waals surface area contributed by atoms with Crippen molar-refractivity contribution < 1.29 is 32.7 Å². The van der Waals surface area contributed by atoms with Crippen LogP contribution in [0.25, 0.3) is 0 Å². The van der Waals surface area contributed by atoms with Gasteiger partial charge >= 0.3 is 32.7 Å². The van der Waals surface area contributed by atoms with Gasteiger partial charge in [-0.1, -0.05) is 11.8 Å². The van der Waals surface area contributed by atoms with Crippen molar-refractivity contribution in [1.82, 2.24) is 4.98 Å². The summed E-state index contributed by atoms with van der Waals surface area (Å²) in [5.41, 5.74) is 1.08. The number of rotatable bonds is 1. The Morgan fingerprint density at radius 2 is 2.00 bits per heavy atom. The summed E-state index contributed by atoms with van der Waals surface area (Å²) in [5, 5.41) is 0. The molecule has 0 fully saturated rings. The maximum atomic E-state index is 4.14. The summed E-state index contributed by atoms with van der Waals surface area (Å²) >= 11 is 0. The van der Waals surface area contributed by atoms with Crippen molar-refractivity contribution in [3.63, 3.8) is 0 Å². The Labute approximate surface area is 87.1 Å². The molecule has 0 unspecified atom stereocenters. The van der Waals surface area contributed by atoms with E-state index < -0.39 is 0 Å². The summed E-state index contributed by atoms with van der Waals surface area (Å²) in [5.74, 6) is 1.26. The number of hydrogen-bond acceptors (Lipinski definition) is 1. The molecule has 0 saturated heterocycles. The summed E-state index contributed by atoms with van der Waals surface area (Å²) in [4.78, 5) is 4.14. The van der Waals surface area contributed by atoms with Gasteiger partial charge in [0.25, 0.3) is 0 Å². The molecule has 0 aliphatic carbocycles. The topological polar surface area (TPSA) is 12.9 Å². The van der Waals surface area contributed by atoms with Crippen LogP contribution in [-0.2, 0) is 32.7 Å². The van der Waals surface area contributed by atoms with Gasteiger partial charge in [-0.25, -0.2) is 0 Å².